The van der Waals surface area contributed by atoms with E-state index in [9.17, 15) is 19.2 Å². The van der Waals surface area contributed by atoms with Crippen LogP contribution in [0.2, 0.25) is 0 Å². The number of amides is 3. The van der Waals surface area contributed by atoms with Crippen molar-refractivity contribution in [3.63, 3.8) is 0 Å². The molecule has 3 amide bonds. The van der Waals surface area contributed by atoms with Crippen LogP contribution in [0.1, 0.15) is 57.9 Å². The van der Waals surface area contributed by atoms with Crippen molar-refractivity contribution < 1.29 is 23.9 Å². The highest BCUT2D eigenvalue weighted by molar-refractivity contribution is 6.07. The molecule has 0 atom stereocenters. The third-order valence-electron chi connectivity index (χ3n) is 6.75. The van der Waals surface area contributed by atoms with Crippen LogP contribution in [0.25, 0.3) is 10.9 Å². The van der Waals surface area contributed by atoms with Crippen molar-refractivity contribution in [2.45, 2.75) is 33.3 Å². The molecule has 0 aliphatic carbocycles. The Morgan fingerprint density at radius 2 is 1.41 bits per heavy atom. The van der Waals surface area contributed by atoms with E-state index >= 15 is 0 Å². The highest BCUT2D eigenvalue weighted by Crippen LogP contribution is 2.22. The van der Waals surface area contributed by atoms with Gasteiger partial charge < -0.3 is 29.1 Å². The van der Waals surface area contributed by atoms with Crippen molar-refractivity contribution in [3.05, 3.63) is 84.0 Å². The summed E-state index contributed by atoms with van der Waals surface area (Å²) in [5.74, 6) is -1.00. The van der Waals surface area contributed by atoms with Gasteiger partial charge in [0.15, 0.2) is 5.82 Å². The molecular weight excluding hydrogens is 564 g/mol. The molecule has 0 saturated heterocycles. The lowest BCUT2D eigenvalue weighted by atomic mass is 10.2. The van der Waals surface area contributed by atoms with Crippen LogP contribution in [0.15, 0.2) is 61.2 Å². The van der Waals surface area contributed by atoms with E-state index in [1.807, 2.05) is 31.2 Å². The van der Waals surface area contributed by atoms with Crippen molar-refractivity contribution in [1.82, 2.24) is 23.3 Å². The number of hydrogen-bond acceptors (Lipinski definition) is 6. The molecule has 5 aromatic rings. The minimum absolute atomic E-state index is 0.0398. The number of ether oxygens (including phenoxy) is 1. The van der Waals surface area contributed by atoms with E-state index in [0.717, 1.165) is 16.5 Å². The van der Waals surface area contributed by atoms with Gasteiger partial charge in [0.2, 0.25) is 5.82 Å². The van der Waals surface area contributed by atoms with E-state index in [4.69, 9.17) is 4.74 Å². The fraction of sp³-hybridized carbons (Fsp3) is 0.258. The monoisotopic (exact) mass is 598 g/mol. The molecule has 0 bridgehead atoms. The summed E-state index contributed by atoms with van der Waals surface area (Å²) >= 11 is 0. The van der Waals surface area contributed by atoms with Crippen molar-refractivity contribution in [2.24, 2.45) is 21.1 Å². The predicted molar refractivity (Wildman–Crippen MR) is 166 cm³/mol. The minimum Gasteiger partial charge on any atom is -0.444 e. The summed E-state index contributed by atoms with van der Waals surface area (Å²) in [5, 5.41) is 9.03. The SMILES string of the molecule is Cc1ccc2c(ccn2C(=O)c2cc(NC(=O)c3cc(NC(=O)c4nc(NC(=O)OC(C)(C)C)cn4C)cn3C)cn2C)c1. The maximum Gasteiger partial charge on any atom is 0.413 e. The van der Waals surface area contributed by atoms with E-state index in [1.54, 1.807) is 80.3 Å². The van der Waals surface area contributed by atoms with Crippen LogP contribution in [0.3, 0.4) is 0 Å². The van der Waals surface area contributed by atoms with Crippen LogP contribution >= 0.6 is 0 Å². The van der Waals surface area contributed by atoms with Crippen LogP contribution in [0.4, 0.5) is 22.0 Å². The second kappa shape index (κ2) is 11.2. The standard InChI is InChI=1S/C31H34N8O5/c1-18-8-9-22-19(12-18)10-11-39(22)29(42)24-14-21(16-37(24)6)32-27(40)23-13-20(15-36(23)5)33-28(41)26-34-25(17-38(26)7)35-30(43)44-31(2,3)4/h8-17H,1-7H3,(H,32,40)(H,33,41)(H,35,43). The number of benzene rings is 1. The molecule has 0 fully saturated rings. The van der Waals surface area contributed by atoms with Gasteiger partial charge in [-0.15, -0.1) is 0 Å². The molecule has 13 heteroatoms. The Morgan fingerprint density at radius 3 is 2.09 bits per heavy atom. The second-order valence-electron chi connectivity index (χ2n) is 11.6. The molecule has 0 aliphatic rings. The van der Waals surface area contributed by atoms with Crippen LogP contribution in [-0.2, 0) is 25.9 Å². The van der Waals surface area contributed by atoms with E-state index < -0.39 is 23.5 Å². The summed E-state index contributed by atoms with van der Waals surface area (Å²) in [7, 11) is 5.03. The molecule has 1 aromatic carbocycles. The second-order valence-corrected chi connectivity index (χ2v) is 11.6. The molecule has 5 rings (SSSR count). The number of carbonyl (C=O) groups excluding carboxylic acids is 4. The van der Waals surface area contributed by atoms with Crippen LogP contribution < -0.4 is 16.0 Å². The maximum absolute atomic E-state index is 13.4. The van der Waals surface area contributed by atoms with Gasteiger partial charge in [0, 0.05) is 51.3 Å². The zero-order valence-electron chi connectivity index (χ0n) is 25.6. The molecule has 0 unspecified atom stereocenters. The quantitative estimate of drug-likeness (QED) is 0.253. The minimum atomic E-state index is -0.690. The number of nitrogens with one attached hydrogen (secondary N) is 3. The Kier molecular flexibility index (Phi) is 7.64. The van der Waals surface area contributed by atoms with Gasteiger partial charge in [0.1, 0.15) is 17.0 Å². The molecule has 0 radical (unpaired) electrons. The summed E-state index contributed by atoms with van der Waals surface area (Å²) in [4.78, 5) is 55.7. The van der Waals surface area contributed by atoms with E-state index in [2.05, 4.69) is 20.9 Å². The van der Waals surface area contributed by atoms with Gasteiger partial charge in [-0.2, -0.15) is 0 Å². The molecule has 44 heavy (non-hydrogen) atoms. The van der Waals surface area contributed by atoms with Crippen molar-refractivity contribution in [3.8, 4) is 0 Å². The molecule has 0 spiro atoms. The van der Waals surface area contributed by atoms with Crippen LogP contribution in [-0.4, -0.2) is 52.7 Å². The number of rotatable bonds is 6. The molecular formula is C31H34N8O5. The van der Waals surface area contributed by atoms with Crippen molar-refractivity contribution in [1.29, 1.82) is 0 Å². The molecule has 4 aromatic heterocycles. The van der Waals surface area contributed by atoms with Crippen LogP contribution in [0.5, 0.6) is 0 Å². The lowest BCUT2D eigenvalue weighted by molar-refractivity contribution is 0.0634. The molecule has 0 saturated carbocycles. The number of carbonyl (C=O) groups is 4. The van der Waals surface area contributed by atoms with Crippen molar-refractivity contribution >= 4 is 51.9 Å². The van der Waals surface area contributed by atoms with Gasteiger partial charge in [-0.25, -0.2) is 9.78 Å². The lowest BCUT2D eigenvalue weighted by Gasteiger charge is -2.18. The van der Waals surface area contributed by atoms with E-state index in [0.29, 0.717) is 17.1 Å². The van der Waals surface area contributed by atoms with E-state index in [1.165, 1.54) is 16.8 Å². The number of anilines is 3. The molecule has 4 heterocycles. The molecule has 0 aliphatic heterocycles. The number of aromatic nitrogens is 5. The van der Waals surface area contributed by atoms with Crippen molar-refractivity contribution in [2.75, 3.05) is 16.0 Å². The fourth-order valence-corrected chi connectivity index (χ4v) is 4.79. The zero-order chi connectivity index (χ0) is 31.9. The van der Waals surface area contributed by atoms with Crippen LogP contribution in [0, 0.1) is 6.92 Å². The topological polar surface area (TPSA) is 146 Å². The molecule has 13 nitrogen and oxygen atoms in total. The summed E-state index contributed by atoms with van der Waals surface area (Å²) in [6.45, 7) is 7.22. The predicted octanol–water partition coefficient (Wildman–Crippen LogP) is 4.90. The Bertz CT molecular complexity index is 1930. The number of aryl methyl sites for hydroxylation is 4. The maximum atomic E-state index is 13.4. The zero-order valence-corrected chi connectivity index (χ0v) is 25.6. The van der Waals surface area contributed by atoms with Gasteiger partial charge in [-0.05, 0) is 58.0 Å². The molecule has 3 N–H and O–H groups in total. The first-order valence-electron chi connectivity index (χ1n) is 13.8. The number of nitrogens with zero attached hydrogens (tertiary/aromatic N) is 5. The summed E-state index contributed by atoms with van der Waals surface area (Å²) in [6, 6.07) is 10.9. The van der Waals surface area contributed by atoms with Gasteiger partial charge in [-0.1, -0.05) is 11.6 Å². The van der Waals surface area contributed by atoms with E-state index in [-0.39, 0.29) is 23.2 Å². The van der Waals surface area contributed by atoms with Gasteiger partial charge in [-0.3, -0.25) is 24.3 Å². The third kappa shape index (κ3) is 6.26. The number of hydrogen-bond donors (Lipinski definition) is 3. The van der Waals surface area contributed by atoms with Gasteiger partial charge in [0.25, 0.3) is 17.7 Å². The normalized spacial score (nSPS) is 11.4. The summed E-state index contributed by atoms with van der Waals surface area (Å²) in [6.07, 6.45) is 5.79. The Hall–Kier alpha value is -5.59. The fourth-order valence-electron chi connectivity index (χ4n) is 4.79. The average Bonchev–Trinajstić information content (AvgIpc) is 3.68. The Morgan fingerprint density at radius 1 is 0.773 bits per heavy atom. The molecule has 228 valence electrons. The first kappa shape index (κ1) is 29.9. The highest BCUT2D eigenvalue weighted by Gasteiger charge is 2.22. The summed E-state index contributed by atoms with van der Waals surface area (Å²) in [5.41, 5.74) is 2.70. The largest absolute Gasteiger partial charge is 0.444 e. The Balaban J connectivity index is 1.26. The first-order chi connectivity index (χ1) is 20.7. The van der Waals surface area contributed by atoms with Gasteiger partial charge in [0.05, 0.1) is 16.9 Å². The van der Waals surface area contributed by atoms with Gasteiger partial charge >= 0.3 is 6.09 Å². The third-order valence-corrected chi connectivity index (χ3v) is 6.75. The summed E-state index contributed by atoms with van der Waals surface area (Å²) < 4.78 is 11.5. The highest BCUT2D eigenvalue weighted by atomic mass is 16.6. The number of imidazole rings is 1. The Labute approximate surface area is 253 Å². The average molecular weight is 599 g/mol. The lowest BCUT2D eigenvalue weighted by Crippen LogP contribution is -2.27. The number of fused-ring (bicyclic) bond motifs is 1. The first-order valence-corrected chi connectivity index (χ1v) is 13.8. The smallest absolute Gasteiger partial charge is 0.413 e.